The quantitative estimate of drug-likeness (QED) is 0.801. The molecule has 0 aliphatic carbocycles. The van der Waals surface area contributed by atoms with Gasteiger partial charge >= 0.3 is 6.18 Å². The Morgan fingerprint density at radius 3 is 2.84 bits per heavy atom. The minimum Gasteiger partial charge on any atom is -0.396 e. The van der Waals surface area contributed by atoms with E-state index < -0.39 is 11.9 Å². The van der Waals surface area contributed by atoms with Crippen LogP contribution in [0.25, 0.3) is 0 Å². The molecule has 3 N–H and O–H groups in total. The van der Waals surface area contributed by atoms with E-state index in [1.807, 2.05) is 0 Å². The normalized spacial score (nSPS) is 17.0. The monoisotopic (exact) mass is 274 g/mol. The highest BCUT2D eigenvalue weighted by atomic mass is 19.4. The van der Waals surface area contributed by atoms with Crippen LogP contribution in [0.3, 0.4) is 0 Å². The molecule has 0 atom stereocenters. The minimum atomic E-state index is -4.53. The number of nitrogens with one attached hydrogen (secondary N) is 1. The number of amides is 1. The predicted octanol–water partition coefficient (Wildman–Crippen LogP) is 1.01. The summed E-state index contributed by atoms with van der Waals surface area (Å²) in [6.45, 7) is 0.961. The second kappa shape index (κ2) is 4.94. The zero-order chi connectivity index (χ0) is 14.0. The number of pyridine rings is 1. The first-order chi connectivity index (χ1) is 8.88. The third-order valence-electron chi connectivity index (χ3n) is 2.80. The number of nitrogens with two attached hydrogens (primary N) is 1. The van der Waals surface area contributed by atoms with Gasteiger partial charge in [-0.3, -0.25) is 4.79 Å². The van der Waals surface area contributed by atoms with Gasteiger partial charge in [0, 0.05) is 13.1 Å². The highest BCUT2D eigenvalue weighted by molar-refractivity contribution is 5.83. The van der Waals surface area contributed by atoms with E-state index in [0.717, 1.165) is 12.3 Å². The van der Waals surface area contributed by atoms with Crippen molar-refractivity contribution in [2.75, 3.05) is 30.3 Å². The number of carbonyl (C=O) groups excluding carboxylic acids is 1. The van der Waals surface area contributed by atoms with Crippen molar-refractivity contribution in [2.45, 2.75) is 12.6 Å². The summed E-state index contributed by atoms with van der Waals surface area (Å²) in [5, 5.41) is 2.65. The largest absolute Gasteiger partial charge is 0.433 e. The molecule has 19 heavy (non-hydrogen) atoms. The van der Waals surface area contributed by atoms with Crippen molar-refractivity contribution in [3.63, 3.8) is 0 Å². The maximum absolute atomic E-state index is 12.6. The van der Waals surface area contributed by atoms with Crippen LogP contribution in [0.5, 0.6) is 0 Å². The number of aromatic nitrogens is 1. The van der Waals surface area contributed by atoms with Gasteiger partial charge in [-0.2, -0.15) is 13.2 Å². The average Bonchev–Trinajstić information content (AvgIpc) is 2.53. The van der Waals surface area contributed by atoms with Crippen molar-refractivity contribution in [1.82, 2.24) is 10.3 Å². The summed E-state index contributed by atoms with van der Waals surface area (Å²) in [7, 11) is 0. The van der Waals surface area contributed by atoms with Crippen molar-refractivity contribution >= 4 is 17.3 Å². The van der Waals surface area contributed by atoms with E-state index in [0.29, 0.717) is 19.5 Å². The van der Waals surface area contributed by atoms with Gasteiger partial charge in [-0.15, -0.1) is 0 Å². The van der Waals surface area contributed by atoms with Crippen molar-refractivity contribution in [3.8, 4) is 0 Å². The Bertz CT molecular complexity index is 489. The first-order valence-corrected chi connectivity index (χ1v) is 5.72. The molecule has 1 saturated heterocycles. The second-order valence-electron chi connectivity index (χ2n) is 4.25. The van der Waals surface area contributed by atoms with E-state index in [4.69, 9.17) is 5.73 Å². The van der Waals surface area contributed by atoms with Gasteiger partial charge in [0.1, 0.15) is 5.69 Å². The molecule has 0 aromatic carbocycles. The number of hydrogen-bond donors (Lipinski definition) is 2. The molecule has 1 aromatic heterocycles. The van der Waals surface area contributed by atoms with Gasteiger partial charge in [-0.05, 0) is 12.5 Å². The Hall–Kier alpha value is -1.99. The third kappa shape index (κ3) is 3.07. The Balaban J connectivity index is 2.34. The second-order valence-corrected chi connectivity index (χ2v) is 4.25. The molecule has 2 heterocycles. The molecular weight excluding hydrogens is 261 g/mol. The van der Waals surface area contributed by atoms with E-state index in [9.17, 15) is 18.0 Å². The fourth-order valence-corrected chi connectivity index (χ4v) is 1.90. The van der Waals surface area contributed by atoms with Gasteiger partial charge in [0.25, 0.3) is 0 Å². The summed E-state index contributed by atoms with van der Waals surface area (Å²) in [6, 6.07) is 0.883. The Morgan fingerprint density at radius 1 is 1.42 bits per heavy atom. The van der Waals surface area contributed by atoms with Crippen molar-refractivity contribution in [1.29, 1.82) is 0 Å². The molecule has 1 fully saturated rings. The fourth-order valence-electron chi connectivity index (χ4n) is 1.90. The van der Waals surface area contributed by atoms with E-state index in [-0.39, 0.29) is 23.8 Å². The van der Waals surface area contributed by atoms with Gasteiger partial charge in [-0.1, -0.05) is 0 Å². The summed E-state index contributed by atoms with van der Waals surface area (Å²) in [6.07, 6.45) is -2.91. The predicted molar refractivity (Wildman–Crippen MR) is 63.5 cm³/mol. The molecule has 1 aromatic rings. The number of nitrogen functional groups attached to an aromatic ring is 1. The molecule has 0 bridgehead atoms. The van der Waals surface area contributed by atoms with E-state index in [1.54, 1.807) is 0 Å². The molecule has 1 aliphatic rings. The van der Waals surface area contributed by atoms with E-state index in [1.165, 1.54) is 4.90 Å². The van der Waals surface area contributed by atoms with Crippen LogP contribution in [0, 0.1) is 0 Å². The van der Waals surface area contributed by atoms with E-state index in [2.05, 4.69) is 10.3 Å². The number of anilines is 2. The highest BCUT2D eigenvalue weighted by Crippen LogP contribution is 2.32. The molecule has 104 valence electrons. The molecule has 1 amide bonds. The topological polar surface area (TPSA) is 71.2 Å². The smallest absolute Gasteiger partial charge is 0.396 e. The maximum Gasteiger partial charge on any atom is 0.433 e. The van der Waals surface area contributed by atoms with Crippen LogP contribution in [-0.4, -0.2) is 30.5 Å². The summed E-state index contributed by atoms with van der Waals surface area (Å²) in [5.41, 5.74) is 4.97. The standard InChI is InChI=1S/C11H13F3N4O/c12-11(13,14)9-4-8(7(15)5-17-9)18-3-1-2-16-10(19)6-18/h4-5H,1-3,6,15H2,(H,16,19). The molecule has 8 heteroatoms. The summed E-state index contributed by atoms with van der Waals surface area (Å²) in [5.74, 6) is -0.234. The molecule has 0 radical (unpaired) electrons. The van der Waals surface area contributed by atoms with Gasteiger partial charge in [0.05, 0.1) is 24.1 Å². The number of rotatable bonds is 1. The Morgan fingerprint density at radius 2 is 2.16 bits per heavy atom. The molecule has 5 nitrogen and oxygen atoms in total. The fraction of sp³-hybridized carbons (Fsp3) is 0.455. The lowest BCUT2D eigenvalue weighted by molar-refractivity contribution is -0.141. The summed E-state index contributed by atoms with van der Waals surface area (Å²) >= 11 is 0. The molecule has 2 rings (SSSR count). The average molecular weight is 274 g/mol. The Labute approximate surface area is 107 Å². The SMILES string of the molecule is Nc1cnc(C(F)(F)F)cc1N1CCCNC(=O)C1. The van der Waals surface area contributed by atoms with Crippen molar-refractivity contribution in [2.24, 2.45) is 0 Å². The van der Waals surface area contributed by atoms with E-state index >= 15 is 0 Å². The highest BCUT2D eigenvalue weighted by Gasteiger charge is 2.33. The van der Waals surface area contributed by atoms with Crippen LogP contribution in [0.15, 0.2) is 12.3 Å². The lowest BCUT2D eigenvalue weighted by Gasteiger charge is -2.23. The van der Waals surface area contributed by atoms with Gasteiger partial charge in [0.2, 0.25) is 5.91 Å². The number of carbonyl (C=O) groups is 1. The van der Waals surface area contributed by atoms with Crippen LogP contribution < -0.4 is 16.0 Å². The molecular formula is C11H13F3N4O. The molecule has 1 aliphatic heterocycles. The van der Waals surface area contributed by atoms with Crippen LogP contribution in [-0.2, 0) is 11.0 Å². The van der Waals surface area contributed by atoms with Gasteiger partial charge in [0.15, 0.2) is 0 Å². The van der Waals surface area contributed by atoms with Crippen LogP contribution >= 0.6 is 0 Å². The Kier molecular flexibility index (Phi) is 3.50. The van der Waals surface area contributed by atoms with Crippen LogP contribution in [0.2, 0.25) is 0 Å². The third-order valence-corrected chi connectivity index (χ3v) is 2.80. The molecule has 0 unspecified atom stereocenters. The lowest BCUT2D eigenvalue weighted by atomic mass is 10.2. The maximum atomic E-state index is 12.6. The lowest BCUT2D eigenvalue weighted by Crippen LogP contribution is -2.33. The van der Waals surface area contributed by atoms with Crippen molar-refractivity contribution < 1.29 is 18.0 Å². The minimum absolute atomic E-state index is 0.00842. The number of halogens is 3. The van der Waals surface area contributed by atoms with Crippen molar-refractivity contribution in [3.05, 3.63) is 18.0 Å². The molecule has 0 saturated carbocycles. The number of alkyl halides is 3. The molecule has 0 spiro atoms. The summed E-state index contributed by atoms with van der Waals surface area (Å²) < 4.78 is 37.9. The van der Waals surface area contributed by atoms with Gasteiger partial charge < -0.3 is 16.0 Å². The number of nitrogens with zero attached hydrogens (tertiary/aromatic N) is 2. The zero-order valence-electron chi connectivity index (χ0n) is 10.00. The van der Waals surface area contributed by atoms with Gasteiger partial charge in [-0.25, -0.2) is 4.98 Å². The summed E-state index contributed by atoms with van der Waals surface area (Å²) in [4.78, 5) is 16.2. The zero-order valence-corrected chi connectivity index (χ0v) is 10.00. The van der Waals surface area contributed by atoms with Crippen LogP contribution in [0.4, 0.5) is 24.5 Å². The first kappa shape index (κ1) is 13.4. The number of hydrogen-bond acceptors (Lipinski definition) is 4. The van der Waals surface area contributed by atoms with Crippen LogP contribution in [0.1, 0.15) is 12.1 Å². The first-order valence-electron chi connectivity index (χ1n) is 5.72.